The molecule has 9 heteroatoms. The van der Waals surface area contributed by atoms with Crippen molar-refractivity contribution in [1.82, 2.24) is 10.2 Å². The van der Waals surface area contributed by atoms with Crippen LogP contribution in [0.3, 0.4) is 0 Å². The van der Waals surface area contributed by atoms with E-state index in [2.05, 4.69) is 21.0 Å². The number of nitrogens with two attached hydrogens (primary N) is 2. The Morgan fingerprint density at radius 1 is 1.56 bits per heavy atom. The van der Waals surface area contributed by atoms with Gasteiger partial charge < -0.3 is 26.6 Å². The number of quaternary nitrogens is 1. The summed E-state index contributed by atoms with van der Waals surface area (Å²) >= 11 is 0. The Labute approximate surface area is 103 Å². The minimum absolute atomic E-state index is 0.172. The molecule has 0 saturated carbocycles. The molecule has 0 bridgehead atoms. The van der Waals surface area contributed by atoms with Crippen LogP contribution in [0.25, 0.3) is 0 Å². The van der Waals surface area contributed by atoms with Gasteiger partial charge in [0.2, 0.25) is 5.79 Å². The molecule has 1 fully saturated rings. The first-order valence-electron chi connectivity index (χ1n) is 5.94. The highest BCUT2D eigenvalue weighted by Gasteiger charge is 2.72. The number of nitrogens with zero attached hydrogens (tertiary/aromatic N) is 2. The number of rotatable bonds is 1. The first kappa shape index (κ1) is 11.5. The molecule has 3 aliphatic rings. The van der Waals surface area contributed by atoms with E-state index in [9.17, 15) is 10.2 Å². The lowest BCUT2D eigenvalue weighted by molar-refractivity contribution is -0.530. The van der Waals surface area contributed by atoms with Crippen LogP contribution in [0, 0.1) is 0 Å². The van der Waals surface area contributed by atoms with Gasteiger partial charge in [-0.2, -0.15) is 0 Å². The Bertz CT molecular complexity index is 448. The number of hydrogen-bond donors (Lipinski definition) is 7. The predicted octanol–water partition coefficient (Wildman–Crippen LogP) is -6.62. The van der Waals surface area contributed by atoms with Gasteiger partial charge in [0.25, 0.3) is 5.66 Å². The second-order valence-corrected chi connectivity index (χ2v) is 4.99. The van der Waals surface area contributed by atoms with Crippen LogP contribution in [-0.4, -0.2) is 63.7 Å². The fourth-order valence-corrected chi connectivity index (χ4v) is 3.24. The molecule has 0 aromatic heterocycles. The number of aliphatic imine (C=N–C) groups is 1. The summed E-state index contributed by atoms with van der Waals surface area (Å²) < 4.78 is 0. The summed E-state index contributed by atoms with van der Waals surface area (Å²) in [6.45, 7) is 0.893. The molecule has 0 aromatic rings. The van der Waals surface area contributed by atoms with E-state index < -0.39 is 11.4 Å². The monoisotopic (exact) mass is 257 g/mol. The highest BCUT2D eigenvalue weighted by atomic mass is 16.5. The van der Waals surface area contributed by atoms with E-state index >= 15 is 0 Å². The van der Waals surface area contributed by atoms with Crippen molar-refractivity contribution in [2.24, 2.45) is 16.5 Å². The zero-order valence-corrected chi connectivity index (χ0v) is 9.93. The molecule has 11 N–H and O–H groups in total. The zero-order chi connectivity index (χ0) is 13.1. The van der Waals surface area contributed by atoms with Gasteiger partial charge in [0.15, 0.2) is 12.0 Å². The summed E-state index contributed by atoms with van der Waals surface area (Å²) in [6.07, 6.45) is 0.172. The number of guanidine groups is 2. The Hall–Kier alpha value is -1.58. The Balaban J connectivity index is 2.15. The van der Waals surface area contributed by atoms with Crippen molar-refractivity contribution in [3.05, 3.63) is 0 Å². The lowest BCUT2D eigenvalue weighted by atomic mass is 9.86. The first-order chi connectivity index (χ1) is 8.42. The van der Waals surface area contributed by atoms with Gasteiger partial charge in [-0.1, -0.05) is 0 Å². The molecule has 18 heavy (non-hydrogen) atoms. The van der Waals surface area contributed by atoms with Crippen molar-refractivity contribution in [2.75, 3.05) is 13.1 Å². The third kappa shape index (κ3) is 1.11. The smallest absolute Gasteiger partial charge is 0.343 e. The highest BCUT2D eigenvalue weighted by molar-refractivity contribution is 5.83. The third-order valence-corrected chi connectivity index (χ3v) is 4.06. The van der Waals surface area contributed by atoms with Crippen LogP contribution in [0.4, 0.5) is 0 Å². The topological polar surface area (TPSA) is 162 Å². The van der Waals surface area contributed by atoms with E-state index in [0.29, 0.717) is 19.0 Å². The van der Waals surface area contributed by atoms with Gasteiger partial charge in [-0.25, -0.2) is 10.3 Å². The van der Waals surface area contributed by atoms with Gasteiger partial charge in [0.1, 0.15) is 12.6 Å². The average molecular weight is 257 g/mol. The second-order valence-electron chi connectivity index (χ2n) is 4.99. The van der Waals surface area contributed by atoms with Gasteiger partial charge in [0, 0.05) is 13.0 Å². The number of aliphatic hydroxyl groups is 2. The Kier molecular flexibility index (Phi) is 2.08. The molecule has 0 aliphatic carbocycles. The minimum atomic E-state index is -1.93. The lowest BCUT2D eigenvalue weighted by Crippen LogP contribution is -2.91. The maximum absolute atomic E-state index is 10.3. The molecule has 9 nitrogen and oxygen atoms in total. The summed E-state index contributed by atoms with van der Waals surface area (Å²) in [6, 6.07) is -0.633. The molecule has 1 spiro atoms. The van der Waals surface area contributed by atoms with Crippen molar-refractivity contribution in [3.8, 4) is 0 Å². The summed E-state index contributed by atoms with van der Waals surface area (Å²) in [7, 11) is 0. The number of nitrogens with one attached hydrogen (secondary N) is 2. The van der Waals surface area contributed by atoms with Crippen molar-refractivity contribution in [1.29, 1.82) is 0 Å². The van der Waals surface area contributed by atoms with Crippen molar-refractivity contribution >= 4 is 11.9 Å². The van der Waals surface area contributed by atoms with E-state index in [-0.39, 0.29) is 24.5 Å². The van der Waals surface area contributed by atoms with Crippen LogP contribution in [0.2, 0.25) is 0 Å². The molecule has 1 saturated heterocycles. The standard InChI is InChI=1S/C9H17N7O2/c10-3-4-5-9(15-6(11)14-5)8(17,18)1-2-16(9)7(12)13-4/h4-5,17-18H,1-3,10H2,(H2,12,13)(H3,11,14,15)/p+2/t4-,5-,9-/m0/s1. The van der Waals surface area contributed by atoms with Crippen LogP contribution in [-0.2, 0) is 0 Å². The third-order valence-electron chi connectivity index (χ3n) is 4.06. The fraction of sp³-hybridized carbons (Fsp3) is 0.778. The SMILES string of the molecule is NC1=N[C@@H](C[NH3+])[C@@H]2[NH+]=C(N)N[C@]23N1CCC3(O)O. The van der Waals surface area contributed by atoms with Gasteiger partial charge in [-0.3, -0.25) is 10.7 Å². The van der Waals surface area contributed by atoms with Crippen LogP contribution in [0.1, 0.15) is 6.42 Å². The zero-order valence-electron chi connectivity index (χ0n) is 9.93. The van der Waals surface area contributed by atoms with Gasteiger partial charge in [-0.15, -0.1) is 0 Å². The van der Waals surface area contributed by atoms with Crippen LogP contribution in [0.5, 0.6) is 0 Å². The molecule has 0 unspecified atom stereocenters. The summed E-state index contributed by atoms with van der Waals surface area (Å²) in [5, 5.41) is 23.6. The van der Waals surface area contributed by atoms with Gasteiger partial charge in [-0.05, 0) is 0 Å². The molecule has 3 heterocycles. The molecule has 0 aromatic carbocycles. The normalized spacial score (nSPS) is 40.7. The largest absolute Gasteiger partial charge is 0.370 e. The lowest BCUT2D eigenvalue weighted by Gasteiger charge is -2.45. The maximum Gasteiger partial charge on any atom is 0.343 e. The molecular weight excluding hydrogens is 238 g/mol. The molecule has 3 aliphatic heterocycles. The molecule has 0 amide bonds. The first-order valence-corrected chi connectivity index (χ1v) is 5.94. The minimum Gasteiger partial charge on any atom is -0.370 e. The second kappa shape index (κ2) is 3.25. The molecular formula is C9H19N7O2+2. The van der Waals surface area contributed by atoms with Crippen LogP contribution in [0.15, 0.2) is 4.99 Å². The van der Waals surface area contributed by atoms with E-state index in [1.807, 2.05) is 0 Å². The van der Waals surface area contributed by atoms with E-state index in [1.54, 1.807) is 4.90 Å². The van der Waals surface area contributed by atoms with Gasteiger partial charge >= 0.3 is 5.96 Å². The van der Waals surface area contributed by atoms with Crippen molar-refractivity contribution in [3.63, 3.8) is 0 Å². The van der Waals surface area contributed by atoms with Crippen molar-refractivity contribution in [2.45, 2.75) is 30.0 Å². The van der Waals surface area contributed by atoms with Crippen LogP contribution >= 0.6 is 0 Å². The quantitative estimate of drug-likeness (QED) is 0.231. The molecule has 3 rings (SSSR count). The van der Waals surface area contributed by atoms with E-state index in [0.717, 1.165) is 0 Å². The summed E-state index contributed by atoms with van der Waals surface area (Å²) in [4.78, 5) is 9.02. The summed E-state index contributed by atoms with van der Waals surface area (Å²) in [5.41, 5.74) is 14.3. The Morgan fingerprint density at radius 3 is 2.94 bits per heavy atom. The van der Waals surface area contributed by atoms with E-state index in [1.165, 1.54) is 0 Å². The van der Waals surface area contributed by atoms with Crippen molar-refractivity contribution < 1.29 is 20.9 Å². The van der Waals surface area contributed by atoms with E-state index in [4.69, 9.17) is 11.5 Å². The van der Waals surface area contributed by atoms with Crippen LogP contribution < -0.4 is 27.5 Å². The molecule has 100 valence electrons. The maximum atomic E-state index is 10.3. The summed E-state index contributed by atoms with van der Waals surface area (Å²) in [5.74, 6) is -1.35. The molecule has 3 atom stereocenters. The fourth-order valence-electron chi connectivity index (χ4n) is 3.24. The Morgan fingerprint density at radius 2 is 2.28 bits per heavy atom. The van der Waals surface area contributed by atoms with Gasteiger partial charge in [0.05, 0.1) is 0 Å². The number of hydrogen-bond acceptors (Lipinski definition) is 7. The highest BCUT2D eigenvalue weighted by Crippen LogP contribution is 2.40. The predicted molar refractivity (Wildman–Crippen MR) is 61.5 cm³/mol. The average Bonchev–Trinajstić information content (AvgIpc) is 2.77. The molecule has 0 radical (unpaired) electrons.